The van der Waals surface area contributed by atoms with Crippen molar-refractivity contribution in [2.45, 2.75) is 45.1 Å². The Morgan fingerprint density at radius 2 is 2.12 bits per heavy atom. The summed E-state index contributed by atoms with van der Waals surface area (Å²) in [6.45, 7) is 2.40. The van der Waals surface area contributed by atoms with Crippen LogP contribution >= 0.6 is 15.9 Å². The molecule has 0 heterocycles. The third kappa shape index (κ3) is 5.23. The lowest BCUT2D eigenvalue weighted by Crippen LogP contribution is -2.36. The maximum absolute atomic E-state index is 12.4. The van der Waals surface area contributed by atoms with Crippen LogP contribution in [0.4, 0.5) is 0 Å². The van der Waals surface area contributed by atoms with Crippen molar-refractivity contribution < 1.29 is 14.3 Å². The first kappa shape index (κ1) is 19.3. The summed E-state index contributed by atoms with van der Waals surface area (Å²) in [5.74, 6) is 0.832. The van der Waals surface area contributed by atoms with Crippen molar-refractivity contribution in [1.29, 1.82) is 5.26 Å². The van der Waals surface area contributed by atoms with Crippen LogP contribution in [0.3, 0.4) is 0 Å². The van der Waals surface area contributed by atoms with Crippen LogP contribution in [-0.4, -0.2) is 25.7 Å². The van der Waals surface area contributed by atoms with E-state index in [-0.39, 0.29) is 17.5 Å². The molecule has 0 aliphatic heterocycles. The average molecular weight is 407 g/mol. The van der Waals surface area contributed by atoms with Gasteiger partial charge in [0.1, 0.15) is 11.6 Å². The maximum atomic E-state index is 12.4. The van der Waals surface area contributed by atoms with Crippen molar-refractivity contribution in [2.24, 2.45) is 0 Å². The van der Waals surface area contributed by atoms with Gasteiger partial charge >= 0.3 is 0 Å². The van der Waals surface area contributed by atoms with E-state index in [1.807, 2.05) is 13.0 Å². The molecule has 5 nitrogen and oxygen atoms in total. The topological polar surface area (TPSA) is 71.3 Å². The van der Waals surface area contributed by atoms with Gasteiger partial charge in [-0.15, -0.1) is 0 Å². The summed E-state index contributed by atoms with van der Waals surface area (Å²) in [5.41, 5.74) is 0.784. The van der Waals surface area contributed by atoms with Gasteiger partial charge in [-0.3, -0.25) is 4.79 Å². The van der Waals surface area contributed by atoms with Crippen LogP contribution < -0.4 is 14.8 Å². The van der Waals surface area contributed by atoms with Crippen LogP contribution in [0.5, 0.6) is 11.5 Å². The lowest BCUT2D eigenvalue weighted by molar-refractivity contribution is -0.117. The third-order valence-electron chi connectivity index (χ3n) is 4.16. The highest BCUT2D eigenvalue weighted by Gasteiger charge is 2.18. The van der Waals surface area contributed by atoms with Crippen molar-refractivity contribution in [3.63, 3.8) is 0 Å². The monoisotopic (exact) mass is 406 g/mol. The zero-order valence-corrected chi connectivity index (χ0v) is 16.2. The van der Waals surface area contributed by atoms with Crippen molar-refractivity contribution in [2.75, 3.05) is 13.7 Å². The van der Waals surface area contributed by atoms with Gasteiger partial charge in [-0.2, -0.15) is 5.26 Å². The van der Waals surface area contributed by atoms with Crippen LogP contribution in [0.1, 0.15) is 44.6 Å². The Morgan fingerprint density at radius 3 is 2.72 bits per heavy atom. The molecule has 1 amide bonds. The van der Waals surface area contributed by atoms with E-state index < -0.39 is 0 Å². The number of rotatable bonds is 6. The summed E-state index contributed by atoms with van der Waals surface area (Å²) in [5, 5.41) is 12.3. The molecule has 25 heavy (non-hydrogen) atoms. The van der Waals surface area contributed by atoms with Crippen LogP contribution in [-0.2, 0) is 4.79 Å². The first-order chi connectivity index (χ1) is 12.1. The molecule has 0 bridgehead atoms. The number of ether oxygens (including phenoxy) is 2. The number of carbonyl (C=O) groups is 1. The Hall–Kier alpha value is -2.00. The van der Waals surface area contributed by atoms with Gasteiger partial charge in [0.2, 0.25) is 0 Å². The molecule has 6 heteroatoms. The summed E-state index contributed by atoms with van der Waals surface area (Å²) in [6.07, 6.45) is 6.99. The largest absolute Gasteiger partial charge is 0.493 e. The molecular weight excluding hydrogens is 384 g/mol. The number of halogens is 1. The first-order valence-electron chi connectivity index (χ1n) is 8.52. The van der Waals surface area contributed by atoms with Crippen molar-refractivity contribution in [3.8, 4) is 17.6 Å². The highest BCUT2D eigenvalue weighted by atomic mass is 79.9. The molecule has 0 radical (unpaired) electrons. The van der Waals surface area contributed by atoms with E-state index in [1.165, 1.54) is 6.42 Å². The molecule has 0 aromatic heterocycles. The van der Waals surface area contributed by atoms with Crippen molar-refractivity contribution in [3.05, 3.63) is 27.7 Å². The molecule has 1 aromatic carbocycles. The molecule has 1 aromatic rings. The van der Waals surface area contributed by atoms with E-state index in [9.17, 15) is 10.1 Å². The van der Waals surface area contributed by atoms with Gasteiger partial charge in [0.05, 0.1) is 18.2 Å². The molecule has 1 aliphatic rings. The SMILES string of the molecule is CCOc1c(Br)cc(/C=C(\C#N)C(=O)NC2CCCCC2)cc1OC. The Labute approximate surface area is 157 Å². The van der Waals surface area contributed by atoms with Gasteiger partial charge < -0.3 is 14.8 Å². The van der Waals surface area contributed by atoms with E-state index in [0.717, 1.165) is 25.7 Å². The number of carbonyl (C=O) groups excluding carboxylic acids is 1. The van der Waals surface area contributed by atoms with Crippen LogP contribution in [0.15, 0.2) is 22.2 Å². The number of hydrogen-bond acceptors (Lipinski definition) is 4. The molecule has 0 spiro atoms. The van der Waals surface area contributed by atoms with Crippen molar-refractivity contribution in [1.82, 2.24) is 5.32 Å². The minimum atomic E-state index is -0.321. The Morgan fingerprint density at radius 1 is 1.40 bits per heavy atom. The molecule has 134 valence electrons. The smallest absolute Gasteiger partial charge is 0.262 e. The van der Waals surface area contributed by atoms with E-state index >= 15 is 0 Å². The van der Waals surface area contributed by atoms with E-state index in [4.69, 9.17) is 9.47 Å². The van der Waals surface area contributed by atoms with E-state index in [2.05, 4.69) is 21.2 Å². The summed E-state index contributed by atoms with van der Waals surface area (Å²) in [7, 11) is 1.55. The van der Waals surface area contributed by atoms with Crippen LogP contribution in [0.2, 0.25) is 0 Å². The number of nitriles is 1. The molecule has 1 N–H and O–H groups in total. The predicted octanol–water partition coefficient (Wildman–Crippen LogP) is 4.21. The number of nitrogens with zero attached hydrogens (tertiary/aromatic N) is 1. The van der Waals surface area contributed by atoms with Crippen LogP contribution in [0, 0.1) is 11.3 Å². The van der Waals surface area contributed by atoms with Gasteiger partial charge in [-0.1, -0.05) is 19.3 Å². The molecule has 1 aliphatic carbocycles. The maximum Gasteiger partial charge on any atom is 0.262 e. The summed E-state index contributed by atoms with van der Waals surface area (Å²) < 4.78 is 11.6. The minimum absolute atomic E-state index is 0.0867. The molecule has 1 saturated carbocycles. The van der Waals surface area contributed by atoms with E-state index in [0.29, 0.717) is 28.1 Å². The molecule has 0 saturated heterocycles. The second-order valence-corrected chi connectivity index (χ2v) is 6.80. The fourth-order valence-corrected chi connectivity index (χ4v) is 3.51. The van der Waals surface area contributed by atoms with Crippen molar-refractivity contribution >= 4 is 27.9 Å². The molecule has 0 atom stereocenters. The number of benzene rings is 1. The highest BCUT2D eigenvalue weighted by Crippen LogP contribution is 2.37. The summed E-state index contributed by atoms with van der Waals surface area (Å²) in [6, 6.07) is 5.72. The normalized spacial score (nSPS) is 15.4. The Balaban J connectivity index is 2.22. The number of methoxy groups -OCH3 is 1. The van der Waals surface area contributed by atoms with Crippen LogP contribution in [0.25, 0.3) is 6.08 Å². The predicted molar refractivity (Wildman–Crippen MR) is 100 cm³/mol. The fraction of sp³-hybridized carbons (Fsp3) is 0.474. The highest BCUT2D eigenvalue weighted by molar-refractivity contribution is 9.10. The fourth-order valence-electron chi connectivity index (χ4n) is 2.93. The lowest BCUT2D eigenvalue weighted by Gasteiger charge is -2.22. The second kappa shape index (κ2) is 9.47. The number of hydrogen-bond donors (Lipinski definition) is 1. The standard InChI is InChI=1S/C19H23BrN2O3/c1-3-25-18-16(20)10-13(11-17(18)24-2)9-14(12-21)19(23)22-15-7-5-4-6-8-15/h9-11,15H,3-8H2,1-2H3,(H,22,23)/b14-9+. The first-order valence-corrected chi connectivity index (χ1v) is 9.31. The van der Waals surface area contributed by atoms with Gasteiger partial charge in [0.25, 0.3) is 5.91 Å². The summed E-state index contributed by atoms with van der Waals surface area (Å²) >= 11 is 3.45. The van der Waals surface area contributed by atoms with Gasteiger partial charge in [0, 0.05) is 6.04 Å². The molecule has 2 rings (SSSR count). The Bertz CT molecular complexity index is 689. The van der Waals surface area contributed by atoms with Gasteiger partial charge in [-0.05, 0) is 59.5 Å². The van der Waals surface area contributed by atoms with Gasteiger partial charge in [0.15, 0.2) is 11.5 Å². The zero-order chi connectivity index (χ0) is 18.2. The molecule has 0 unspecified atom stereocenters. The third-order valence-corrected chi connectivity index (χ3v) is 4.75. The Kier molecular flexibility index (Phi) is 7.32. The minimum Gasteiger partial charge on any atom is -0.493 e. The lowest BCUT2D eigenvalue weighted by atomic mass is 9.95. The summed E-state index contributed by atoms with van der Waals surface area (Å²) in [4.78, 5) is 12.4. The average Bonchev–Trinajstić information content (AvgIpc) is 2.62. The zero-order valence-electron chi connectivity index (χ0n) is 14.6. The van der Waals surface area contributed by atoms with Gasteiger partial charge in [-0.25, -0.2) is 0 Å². The molecule has 1 fully saturated rings. The molecular formula is C19H23BrN2O3. The number of nitrogens with one attached hydrogen (secondary N) is 1. The second-order valence-electron chi connectivity index (χ2n) is 5.95. The number of amides is 1. The quantitative estimate of drug-likeness (QED) is 0.567. The van der Waals surface area contributed by atoms with E-state index in [1.54, 1.807) is 25.3 Å².